The Hall–Kier alpha value is -3.95. The SMILES string of the molecule is COC(=O)c1ccc(OCC(=O)Nc2ccc(NC(C)=O)cc2)c([N+](=O)[O-])c1. The van der Waals surface area contributed by atoms with Crippen LogP contribution in [0.25, 0.3) is 0 Å². The largest absolute Gasteiger partial charge is 0.477 e. The zero-order valence-corrected chi connectivity index (χ0v) is 15.1. The zero-order chi connectivity index (χ0) is 20.7. The third kappa shape index (κ3) is 5.53. The number of nitro groups is 1. The number of carbonyl (C=O) groups is 3. The van der Waals surface area contributed by atoms with Crippen molar-refractivity contribution in [2.24, 2.45) is 0 Å². The maximum absolute atomic E-state index is 12.0. The molecule has 2 aromatic carbocycles. The number of hydrogen-bond donors (Lipinski definition) is 2. The molecular formula is C18H17N3O7. The highest BCUT2D eigenvalue weighted by atomic mass is 16.6. The van der Waals surface area contributed by atoms with Crippen molar-refractivity contribution in [2.75, 3.05) is 24.4 Å². The summed E-state index contributed by atoms with van der Waals surface area (Å²) >= 11 is 0. The van der Waals surface area contributed by atoms with Gasteiger partial charge < -0.3 is 20.1 Å². The number of esters is 1. The molecule has 146 valence electrons. The topological polar surface area (TPSA) is 137 Å². The maximum Gasteiger partial charge on any atom is 0.338 e. The predicted molar refractivity (Wildman–Crippen MR) is 99.3 cm³/mol. The van der Waals surface area contributed by atoms with E-state index in [1.165, 1.54) is 19.1 Å². The second-order valence-corrected chi connectivity index (χ2v) is 5.53. The Kier molecular flexibility index (Phi) is 6.63. The zero-order valence-electron chi connectivity index (χ0n) is 15.1. The second kappa shape index (κ2) is 9.12. The van der Waals surface area contributed by atoms with Gasteiger partial charge in [0.25, 0.3) is 5.91 Å². The van der Waals surface area contributed by atoms with Crippen molar-refractivity contribution < 1.29 is 28.8 Å². The fraction of sp³-hybridized carbons (Fsp3) is 0.167. The average molecular weight is 387 g/mol. The summed E-state index contributed by atoms with van der Waals surface area (Å²) in [5, 5.41) is 16.3. The van der Waals surface area contributed by atoms with E-state index in [-0.39, 0.29) is 17.2 Å². The number of methoxy groups -OCH3 is 1. The molecule has 0 radical (unpaired) electrons. The number of nitro benzene ring substituents is 1. The standard InChI is InChI=1S/C18H17N3O7/c1-11(22)19-13-4-6-14(7-5-13)20-17(23)10-28-16-8-3-12(18(24)27-2)9-15(16)21(25)26/h3-9H,10H2,1-2H3,(H,19,22)(H,20,23). The summed E-state index contributed by atoms with van der Waals surface area (Å²) in [5.74, 6) is -1.65. The van der Waals surface area contributed by atoms with Crippen LogP contribution in [0.4, 0.5) is 17.1 Å². The van der Waals surface area contributed by atoms with Crippen LogP contribution in [0.1, 0.15) is 17.3 Å². The number of benzene rings is 2. The molecule has 2 rings (SSSR count). The monoisotopic (exact) mass is 387 g/mol. The molecule has 0 saturated heterocycles. The van der Waals surface area contributed by atoms with E-state index in [9.17, 15) is 24.5 Å². The van der Waals surface area contributed by atoms with E-state index in [0.29, 0.717) is 11.4 Å². The first-order valence-electron chi connectivity index (χ1n) is 7.97. The van der Waals surface area contributed by atoms with Gasteiger partial charge in [-0.3, -0.25) is 19.7 Å². The van der Waals surface area contributed by atoms with Crippen molar-refractivity contribution in [3.63, 3.8) is 0 Å². The van der Waals surface area contributed by atoms with Gasteiger partial charge in [0.1, 0.15) is 0 Å². The highest BCUT2D eigenvalue weighted by Gasteiger charge is 2.20. The van der Waals surface area contributed by atoms with Gasteiger partial charge in [0.15, 0.2) is 12.4 Å². The number of ether oxygens (including phenoxy) is 2. The van der Waals surface area contributed by atoms with Crippen molar-refractivity contribution >= 4 is 34.8 Å². The number of rotatable bonds is 7. The molecule has 10 nitrogen and oxygen atoms in total. The van der Waals surface area contributed by atoms with Gasteiger partial charge >= 0.3 is 11.7 Å². The lowest BCUT2D eigenvalue weighted by molar-refractivity contribution is -0.385. The van der Waals surface area contributed by atoms with E-state index >= 15 is 0 Å². The summed E-state index contributed by atoms with van der Waals surface area (Å²) in [4.78, 5) is 44.9. The van der Waals surface area contributed by atoms with Gasteiger partial charge in [0, 0.05) is 24.4 Å². The van der Waals surface area contributed by atoms with Gasteiger partial charge in [-0.2, -0.15) is 0 Å². The minimum absolute atomic E-state index is 0.00902. The molecule has 0 unspecified atom stereocenters. The molecule has 28 heavy (non-hydrogen) atoms. The molecule has 0 aliphatic carbocycles. The number of hydrogen-bond acceptors (Lipinski definition) is 7. The molecule has 0 bridgehead atoms. The van der Waals surface area contributed by atoms with Crippen LogP contribution in [-0.4, -0.2) is 36.4 Å². The molecule has 0 fully saturated rings. The highest BCUT2D eigenvalue weighted by Crippen LogP contribution is 2.28. The molecule has 0 atom stereocenters. The predicted octanol–water partition coefficient (Wildman–Crippen LogP) is 2.36. The third-order valence-electron chi connectivity index (χ3n) is 3.42. The summed E-state index contributed by atoms with van der Waals surface area (Å²) in [6.07, 6.45) is 0. The number of anilines is 2. The van der Waals surface area contributed by atoms with Crippen LogP contribution >= 0.6 is 0 Å². The molecule has 2 N–H and O–H groups in total. The van der Waals surface area contributed by atoms with Crippen LogP contribution in [0.2, 0.25) is 0 Å². The Balaban J connectivity index is 2.01. The first kappa shape index (κ1) is 20.4. The Morgan fingerprint density at radius 2 is 1.64 bits per heavy atom. The van der Waals surface area contributed by atoms with Gasteiger partial charge in [-0.25, -0.2) is 4.79 Å². The Bertz CT molecular complexity index is 910. The first-order chi connectivity index (χ1) is 13.3. The summed E-state index contributed by atoms with van der Waals surface area (Å²) in [7, 11) is 1.16. The minimum Gasteiger partial charge on any atom is -0.477 e. The summed E-state index contributed by atoms with van der Waals surface area (Å²) < 4.78 is 9.73. The van der Waals surface area contributed by atoms with Crippen LogP contribution in [0, 0.1) is 10.1 Å². The number of amides is 2. The molecule has 2 amide bonds. The van der Waals surface area contributed by atoms with Crippen molar-refractivity contribution in [1.82, 2.24) is 0 Å². The second-order valence-electron chi connectivity index (χ2n) is 5.53. The fourth-order valence-corrected chi connectivity index (χ4v) is 2.21. The molecule has 2 aromatic rings. The quantitative estimate of drug-likeness (QED) is 0.423. The van der Waals surface area contributed by atoms with E-state index in [1.54, 1.807) is 24.3 Å². The normalized spacial score (nSPS) is 9.93. The van der Waals surface area contributed by atoms with Crippen molar-refractivity contribution in [2.45, 2.75) is 6.92 Å². The van der Waals surface area contributed by atoms with Gasteiger partial charge in [-0.05, 0) is 36.4 Å². The Morgan fingerprint density at radius 3 is 2.18 bits per heavy atom. The molecular weight excluding hydrogens is 370 g/mol. The number of carbonyl (C=O) groups excluding carboxylic acids is 3. The van der Waals surface area contributed by atoms with E-state index in [4.69, 9.17) is 4.74 Å². The number of nitrogens with zero attached hydrogens (tertiary/aromatic N) is 1. The van der Waals surface area contributed by atoms with E-state index < -0.39 is 29.1 Å². The van der Waals surface area contributed by atoms with E-state index in [0.717, 1.165) is 13.2 Å². The van der Waals surface area contributed by atoms with Crippen molar-refractivity contribution in [3.05, 3.63) is 58.1 Å². The molecule has 0 aliphatic rings. The van der Waals surface area contributed by atoms with Crippen molar-refractivity contribution in [3.8, 4) is 5.75 Å². The molecule has 0 aromatic heterocycles. The summed E-state index contributed by atoms with van der Waals surface area (Å²) in [5.41, 5.74) is 0.557. The summed E-state index contributed by atoms with van der Waals surface area (Å²) in [6.45, 7) is 0.899. The van der Waals surface area contributed by atoms with E-state index in [1.807, 2.05) is 0 Å². The van der Waals surface area contributed by atoms with Crippen LogP contribution in [-0.2, 0) is 14.3 Å². The summed E-state index contributed by atoms with van der Waals surface area (Å²) in [6, 6.07) is 9.91. The molecule has 0 heterocycles. The van der Waals surface area contributed by atoms with E-state index in [2.05, 4.69) is 15.4 Å². The lowest BCUT2D eigenvalue weighted by atomic mass is 10.2. The number of nitrogens with one attached hydrogen (secondary N) is 2. The lowest BCUT2D eigenvalue weighted by Gasteiger charge is -2.09. The Labute approximate surface area is 159 Å². The van der Waals surface area contributed by atoms with Gasteiger partial charge in [0.05, 0.1) is 17.6 Å². The maximum atomic E-state index is 12.0. The average Bonchev–Trinajstić information content (AvgIpc) is 2.66. The fourth-order valence-electron chi connectivity index (χ4n) is 2.21. The van der Waals surface area contributed by atoms with Gasteiger partial charge in [-0.15, -0.1) is 0 Å². The van der Waals surface area contributed by atoms with Crippen LogP contribution < -0.4 is 15.4 Å². The third-order valence-corrected chi connectivity index (χ3v) is 3.42. The smallest absolute Gasteiger partial charge is 0.338 e. The molecule has 0 spiro atoms. The lowest BCUT2D eigenvalue weighted by Crippen LogP contribution is -2.20. The van der Waals surface area contributed by atoms with Gasteiger partial charge in [0.2, 0.25) is 5.91 Å². The highest BCUT2D eigenvalue weighted by molar-refractivity contribution is 5.93. The van der Waals surface area contributed by atoms with Crippen molar-refractivity contribution in [1.29, 1.82) is 0 Å². The van der Waals surface area contributed by atoms with Crippen LogP contribution in [0.3, 0.4) is 0 Å². The van der Waals surface area contributed by atoms with Crippen LogP contribution in [0.5, 0.6) is 5.75 Å². The first-order valence-corrected chi connectivity index (χ1v) is 7.97. The van der Waals surface area contributed by atoms with Gasteiger partial charge in [-0.1, -0.05) is 0 Å². The molecule has 0 saturated carbocycles. The minimum atomic E-state index is -0.727. The molecule has 0 aliphatic heterocycles. The molecule has 10 heteroatoms. The Morgan fingerprint density at radius 1 is 1.04 bits per heavy atom. The van der Waals surface area contributed by atoms with Crippen LogP contribution in [0.15, 0.2) is 42.5 Å².